The van der Waals surface area contributed by atoms with Crippen LogP contribution in [0.15, 0.2) is 0 Å². The maximum absolute atomic E-state index is 12.4. The molecule has 0 fully saturated rings. The summed E-state index contributed by atoms with van der Waals surface area (Å²) >= 11 is 0. The number of carbonyl (C=O) groups excluding carboxylic acids is 1. The molecule has 2 N–H and O–H groups in total. The first kappa shape index (κ1) is 18.4. The number of rotatable bonds is 10. The van der Waals surface area contributed by atoms with Gasteiger partial charge in [0.1, 0.15) is 0 Å². The second-order valence-electron chi connectivity index (χ2n) is 6.13. The molecule has 0 spiro atoms. The highest BCUT2D eigenvalue weighted by Gasteiger charge is 2.32. The summed E-state index contributed by atoms with van der Waals surface area (Å²) in [5.41, 5.74) is -0.428. The molecule has 3 nitrogen and oxygen atoms in total. The Kier molecular flexibility index (Phi) is 9.07. The first-order chi connectivity index (χ1) is 8.89. The molecule has 0 heterocycles. The van der Waals surface area contributed by atoms with Crippen molar-refractivity contribution in [2.75, 3.05) is 6.54 Å². The van der Waals surface area contributed by atoms with Crippen LogP contribution in [0.1, 0.15) is 73.6 Å². The highest BCUT2D eigenvalue weighted by atomic mass is 16.2. The summed E-state index contributed by atoms with van der Waals surface area (Å²) in [4.78, 5) is 12.4. The Hall–Kier alpha value is -0.570. The van der Waals surface area contributed by atoms with Gasteiger partial charge in [0, 0.05) is 6.04 Å². The first-order valence-corrected chi connectivity index (χ1v) is 7.95. The minimum atomic E-state index is -0.428. The summed E-state index contributed by atoms with van der Waals surface area (Å²) in [5, 5.41) is 6.58. The molecule has 0 aliphatic heterocycles. The SMILES string of the molecule is CCCCC(C)(NCC(CC)CC)C(=O)NC(C)C. The highest BCUT2D eigenvalue weighted by molar-refractivity contribution is 5.86. The largest absolute Gasteiger partial charge is 0.352 e. The molecule has 3 heteroatoms. The topological polar surface area (TPSA) is 41.1 Å². The molecule has 0 aliphatic carbocycles. The van der Waals surface area contributed by atoms with Gasteiger partial charge in [-0.2, -0.15) is 0 Å². The maximum Gasteiger partial charge on any atom is 0.240 e. The van der Waals surface area contributed by atoms with Gasteiger partial charge >= 0.3 is 0 Å². The number of nitrogens with one attached hydrogen (secondary N) is 2. The molecule has 1 unspecified atom stereocenters. The third kappa shape index (κ3) is 6.95. The van der Waals surface area contributed by atoms with Crippen molar-refractivity contribution in [3.63, 3.8) is 0 Å². The Labute approximate surface area is 119 Å². The van der Waals surface area contributed by atoms with Crippen molar-refractivity contribution in [2.24, 2.45) is 5.92 Å². The smallest absolute Gasteiger partial charge is 0.240 e. The van der Waals surface area contributed by atoms with Crippen molar-refractivity contribution in [2.45, 2.75) is 85.2 Å². The lowest BCUT2D eigenvalue weighted by Crippen LogP contribution is -2.57. The van der Waals surface area contributed by atoms with Crippen molar-refractivity contribution >= 4 is 5.91 Å². The zero-order valence-corrected chi connectivity index (χ0v) is 13.8. The Bertz CT molecular complexity index is 249. The molecule has 0 aromatic rings. The van der Waals surface area contributed by atoms with E-state index in [1.807, 2.05) is 20.8 Å². The fraction of sp³-hybridized carbons (Fsp3) is 0.938. The van der Waals surface area contributed by atoms with Crippen LogP contribution < -0.4 is 10.6 Å². The number of unbranched alkanes of at least 4 members (excludes halogenated alkanes) is 1. The average Bonchev–Trinajstić information content (AvgIpc) is 2.36. The Morgan fingerprint density at radius 3 is 2.16 bits per heavy atom. The molecule has 1 atom stereocenters. The molecule has 0 rings (SSSR count). The van der Waals surface area contributed by atoms with Gasteiger partial charge in [-0.05, 0) is 39.7 Å². The predicted molar refractivity (Wildman–Crippen MR) is 83.3 cm³/mol. The van der Waals surface area contributed by atoms with Crippen LogP contribution in [0.3, 0.4) is 0 Å². The van der Waals surface area contributed by atoms with Crippen LogP contribution in [0.25, 0.3) is 0 Å². The lowest BCUT2D eigenvalue weighted by molar-refractivity contribution is -0.128. The molecule has 0 aromatic heterocycles. The van der Waals surface area contributed by atoms with Crippen LogP contribution in [0.5, 0.6) is 0 Å². The lowest BCUT2D eigenvalue weighted by Gasteiger charge is -2.32. The molecule has 0 aromatic carbocycles. The maximum atomic E-state index is 12.4. The van der Waals surface area contributed by atoms with Gasteiger partial charge in [-0.15, -0.1) is 0 Å². The Balaban J connectivity index is 4.61. The molecule has 114 valence electrons. The molecule has 0 saturated heterocycles. The van der Waals surface area contributed by atoms with Crippen LogP contribution in [0.2, 0.25) is 0 Å². The second kappa shape index (κ2) is 9.35. The van der Waals surface area contributed by atoms with Gasteiger partial charge in [-0.25, -0.2) is 0 Å². The Morgan fingerprint density at radius 1 is 1.16 bits per heavy atom. The lowest BCUT2D eigenvalue weighted by atomic mass is 9.91. The summed E-state index contributed by atoms with van der Waals surface area (Å²) in [6.07, 6.45) is 5.44. The van der Waals surface area contributed by atoms with E-state index in [1.165, 1.54) is 12.8 Å². The highest BCUT2D eigenvalue weighted by Crippen LogP contribution is 2.16. The van der Waals surface area contributed by atoms with Gasteiger partial charge in [0.05, 0.1) is 5.54 Å². The van der Waals surface area contributed by atoms with E-state index in [2.05, 4.69) is 31.4 Å². The van der Waals surface area contributed by atoms with Crippen LogP contribution in [-0.4, -0.2) is 24.0 Å². The fourth-order valence-electron chi connectivity index (χ4n) is 2.18. The van der Waals surface area contributed by atoms with Crippen LogP contribution >= 0.6 is 0 Å². The van der Waals surface area contributed by atoms with E-state index >= 15 is 0 Å². The minimum Gasteiger partial charge on any atom is -0.352 e. The number of carbonyl (C=O) groups is 1. The van der Waals surface area contributed by atoms with Crippen molar-refractivity contribution in [3.8, 4) is 0 Å². The molecular weight excluding hydrogens is 236 g/mol. The summed E-state index contributed by atoms with van der Waals surface area (Å²) < 4.78 is 0. The summed E-state index contributed by atoms with van der Waals surface area (Å²) in [6.45, 7) is 13.6. The van der Waals surface area contributed by atoms with Gasteiger partial charge in [0.2, 0.25) is 5.91 Å². The van der Waals surface area contributed by atoms with Gasteiger partial charge in [-0.3, -0.25) is 4.79 Å². The van der Waals surface area contributed by atoms with E-state index in [9.17, 15) is 4.79 Å². The molecule has 1 amide bonds. The molecule has 0 radical (unpaired) electrons. The van der Waals surface area contributed by atoms with Crippen molar-refractivity contribution < 1.29 is 4.79 Å². The molecular formula is C16H34N2O. The number of amides is 1. The average molecular weight is 270 g/mol. The van der Waals surface area contributed by atoms with E-state index < -0.39 is 5.54 Å². The van der Waals surface area contributed by atoms with Crippen molar-refractivity contribution in [1.29, 1.82) is 0 Å². The van der Waals surface area contributed by atoms with Crippen LogP contribution in [0, 0.1) is 5.92 Å². The minimum absolute atomic E-state index is 0.141. The standard InChI is InChI=1S/C16H34N2O/c1-7-10-11-16(6,15(19)18-13(4)5)17-12-14(8-2)9-3/h13-14,17H,7-12H2,1-6H3,(H,18,19). The van der Waals surface area contributed by atoms with Crippen LogP contribution in [-0.2, 0) is 4.79 Å². The zero-order valence-electron chi connectivity index (χ0n) is 13.8. The quantitative estimate of drug-likeness (QED) is 0.638. The van der Waals surface area contributed by atoms with E-state index in [1.54, 1.807) is 0 Å². The van der Waals surface area contributed by atoms with Gasteiger partial charge in [0.15, 0.2) is 0 Å². The van der Waals surface area contributed by atoms with E-state index in [0.29, 0.717) is 5.92 Å². The second-order valence-corrected chi connectivity index (χ2v) is 6.13. The summed E-state index contributed by atoms with van der Waals surface area (Å²) in [6, 6.07) is 0.198. The van der Waals surface area contributed by atoms with Gasteiger partial charge in [0.25, 0.3) is 0 Å². The van der Waals surface area contributed by atoms with Gasteiger partial charge < -0.3 is 10.6 Å². The van der Waals surface area contributed by atoms with Crippen molar-refractivity contribution in [3.05, 3.63) is 0 Å². The third-order valence-electron chi connectivity index (χ3n) is 3.89. The Morgan fingerprint density at radius 2 is 1.74 bits per heavy atom. The number of hydrogen-bond acceptors (Lipinski definition) is 2. The summed E-state index contributed by atoms with van der Waals surface area (Å²) in [5.74, 6) is 0.801. The fourth-order valence-corrected chi connectivity index (χ4v) is 2.18. The van der Waals surface area contributed by atoms with Crippen LogP contribution in [0.4, 0.5) is 0 Å². The van der Waals surface area contributed by atoms with Crippen molar-refractivity contribution in [1.82, 2.24) is 10.6 Å². The van der Waals surface area contributed by atoms with E-state index in [-0.39, 0.29) is 11.9 Å². The summed E-state index contributed by atoms with van der Waals surface area (Å²) in [7, 11) is 0. The normalized spacial score (nSPS) is 14.7. The zero-order chi connectivity index (χ0) is 14.9. The molecule has 0 saturated carbocycles. The first-order valence-electron chi connectivity index (χ1n) is 7.95. The molecule has 0 bridgehead atoms. The third-order valence-corrected chi connectivity index (χ3v) is 3.89. The predicted octanol–water partition coefficient (Wildman–Crippen LogP) is 3.49. The van der Waals surface area contributed by atoms with Gasteiger partial charge in [-0.1, -0.05) is 46.5 Å². The number of hydrogen-bond donors (Lipinski definition) is 2. The van der Waals surface area contributed by atoms with E-state index in [4.69, 9.17) is 0 Å². The molecule has 19 heavy (non-hydrogen) atoms. The van der Waals surface area contributed by atoms with E-state index in [0.717, 1.165) is 25.8 Å². The molecule has 0 aliphatic rings. The monoisotopic (exact) mass is 270 g/mol.